The van der Waals surface area contributed by atoms with Crippen LogP contribution >= 0.6 is 0 Å². The Hall–Kier alpha value is -5.49. The van der Waals surface area contributed by atoms with E-state index < -0.39 is 12.1 Å². The van der Waals surface area contributed by atoms with E-state index in [0.29, 0.717) is 19.3 Å². The lowest BCUT2D eigenvalue weighted by Crippen LogP contribution is -2.30. The second-order valence-electron chi connectivity index (χ2n) is 15.9. The monoisotopic (exact) mass is 917 g/mol. The van der Waals surface area contributed by atoms with E-state index in [-0.39, 0.29) is 44.4 Å². The van der Waals surface area contributed by atoms with Crippen LogP contribution in [0.4, 0.5) is 0 Å². The number of carbonyl (C=O) groups excluding carboxylic acids is 3. The summed E-state index contributed by atoms with van der Waals surface area (Å²) in [5.41, 5.74) is 0. The lowest BCUT2D eigenvalue weighted by Gasteiger charge is -2.18. The highest BCUT2D eigenvalue weighted by Gasteiger charge is 2.19. The number of hydrogen-bond donors (Lipinski definition) is 0. The molecule has 0 aromatic rings. The Labute approximate surface area is 408 Å². The fourth-order valence-corrected chi connectivity index (χ4v) is 5.90. The van der Waals surface area contributed by atoms with Crippen LogP contribution in [0.1, 0.15) is 162 Å². The summed E-state index contributed by atoms with van der Waals surface area (Å²) in [5.74, 6) is -1.10. The molecule has 0 saturated carbocycles. The molecule has 1 unspecified atom stereocenters. The Morgan fingerprint density at radius 2 is 0.657 bits per heavy atom. The van der Waals surface area contributed by atoms with Crippen molar-refractivity contribution in [1.82, 2.24) is 0 Å². The average molecular weight is 917 g/mol. The number of rotatable bonds is 42. The van der Waals surface area contributed by atoms with Gasteiger partial charge >= 0.3 is 17.9 Å². The van der Waals surface area contributed by atoms with Crippen molar-refractivity contribution < 1.29 is 28.6 Å². The number of esters is 3. The van der Waals surface area contributed by atoms with Crippen molar-refractivity contribution in [1.29, 1.82) is 0 Å². The topological polar surface area (TPSA) is 78.9 Å². The third-order valence-corrected chi connectivity index (χ3v) is 9.66. The fraction of sp³-hybridized carbons (Fsp3) is 0.459. The van der Waals surface area contributed by atoms with Gasteiger partial charge in [0.25, 0.3) is 0 Å². The zero-order valence-electron chi connectivity index (χ0n) is 41.8. The van der Waals surface area contributed by atoms with Crippen LogP contribution in [0, 0.1) is 0 Å². The van der Waals surface area contributed by atoms with Crippen LogP contribution in [-0.2, 0) is 28.6 Å². The second kappa shape index (κ2) is 53.1. The Morgan fingerprint density at radius 1 is 0.328 bits per heavy atom. The highest BCUT2D eigenvalue weighted by atomic mass is 16.6. The molecule has 0 aromatic heterocycles. The van der Waals surface area contributed by atoms with Crippen LogP contribution in [0.15, 0.2) is 182 Å². The summed E-state index contributed by atoms with van der Waals surface area (Å²) in [6.45, 7) is 6.16. The first-order valence-corrected chi connectivity index (χ1v) is 25.4. The van der Waals surface area contributed by atoms with E-state index in [2.05, 4.69) is 93.7 Å². The molecular weight excluding hydrogens is 829 g/mol. The minimum absolute atomic E-state index is 0.146. The van der Waals surface area contributed by atoms with Crippen molar-refractivity contribution in [3.63, 3.8) is 0 Å². The Balaban J connectivity index is 4.69. The van der Waals surface area contributed by atoms with Crippen LogP contribution in [0.25, 0.3) is 0 Å². The van der Waals surface area contributed by atoms with Crippen molar-refractivity contribution in [3.8, 4) is 0 Å². The maximum Gasteiger partial charge on any atom is 0.306 e. The van der Waals surface area contributed by atoms with E-state index in [1.165, 1.54) is 25.7 Å². The van der Waals surface area contributed by atoms with Crippen LogP contribution in [0.3, 0.4) is 0 Å². The minimum Gasteiger partial charge on any atom is -0.462 e. The van der Waals surface area contributed by atoms with Crippen molar-refractivity contribution in [2.24, 2.45) is 0 Å². The maximum absolute atomic E-state index is 12.8. The molecule has 0 N–H and O–H groups in total. The van der Waals surface area contributed by atoms with Gasteiger partial charge in [-0.25, -0.2) is 0 Å². The largest absolute Gasteiger partial charge is 0.462 e. The first-order chi connectivity index (χ1) is 33.0. The fourth-order valence-electron chi connectivity index (χ4n) is 5.90. The highest BCUT2D eigenvalue weighted by Crippen LogP contribution is 2.10. The summed E-state index contributed by atoms with van der Waals surface area (Å²) < 4.78 is 16.7. The summed E-state index contributed by atoms with van der Waals surface area (Å²) >= 11 is 0. The molecule has 368 valence electrons. The number of carbonyl (C=O) groups is 3. The summed E-state index contributed by atoms with van der Waals surface area (Å²) in [4.78, 5) is 38.0. The predicted molar refractivity (Wildman–Crippen MR) is 287 cm³/mol. The molecule has 6 nitrogen and oxygen atoms in total. The standard InChI is InChI=1S/C61H88O6/c1-4-7-10-13-16-19-22-25-27-29-30-32-33-36-39-42-45-48-51-54-60(63)66-57-58(56-65-59(62)53-50-47-44-41-38-35-24-21-18-15-12-9-6-3)67-61(64)55-52-49-46-43-40-37-34-31-28-26-23-20-17-14-11-8-5-2/h7,9-10,12-13,15-22,24-30,32-39,43,46,58H,4-6,8,11,14,23,31,40-42,44-45,47-57H2,1-3H3/b10-7-,12-9-,16-13-,18-15-,20-17-,22-19-,24-21-,27-25-,28-26-,30-29+,33-32-,37-34-,38-35-,39-36-,46-43-. The molecule has 0 fully saturated rings. The highest BCUT2D eigenvalue weighted by molar-refractivity contribution is 5.71. The van der Waals surface area contributed by atoms with Gasteiger partial charge in [0.15, 0.2) is 6.10 Å². The number of hydrogen-bond acceptors (Lipinski definition) is 6. The molecule has 0 aromatic carbocycles. The molecule has 0 rings (SSSR count). The quantitative estimate of drug-likeness (QED) is 0.0200. The predicted octanol–water partition coefficient (Wildman–Crippen LogP) is 17.0. The number of allylic oxidation sites excluding steroid dienone is 30. The second-order valence-corrected chi connectivity index (χ2v) is 15.9. The Kier molecular flexibility index (Phi) is 48.8. The van der Waals surface area contributed by atoms with Crippen molar-refractivity contribution in [2.45, 2.75) is 168 Å². The molecule has 0 saturated heterocycles. The third kappa shape index (κ3) is 51.4. The zero-order chi connectivity index (χ0) is 48.6. The SMILES string of the molecule is CC\C=C/C=C\C=C/C=C\C=C\C=C/C=C\CCCCCC(=O)OCC(COC(=O)CCCCC\C=C/C=C\C=C/C=C\CC)OC(=O)CCC/C=C\C/C=C\C/C=C\C/C=C\CCCCC. The summed E-state index contributed by atoms with van der Waals surface area (Å²) in [5, 5.41) is 0. The van der Waals surface area contributed by atoms with Gasteiger partial charge in [-0.05, 0) is 96.3 Å². The van der Waals surface area contributed by atoms with Crippen LogP contribution in [0.5, 0.6) is 0 Å². The van der Waals surface area contributed by atoms with Crippen LogP contribution < -0.4 is 0 Å². The van der Waals surface area contributed by atoms with Gasteiger partial charge < -0.3 is 14.2 Å². The Morgan fingerprint density at radius 3 is 1.06 bits per heavy atom. The minimum atomic E-state index is -0.853. The normalized spacial score (nSPS) is 13.7. The molecule has 0 heterocycles. The molecule has 0 aliphatic carbocycles. The van der Waals surface area contributed by atoms with Crippen molar-refractivity contribution in [3.05, 3.63) is 182 Å². The molecule has 0 aliphatic heterocycles. The molecular formula is C61H88O6. The number of ether oxygens (including phenoxy) is 3. The molecule has 0 spiro atoms. The molecule has 67 heavy (non-hydrogen) atoms. The van der Waals surface area contributed by atoms with Gasteiger partial charge in [0.2, 0.25) is 0 Å². The van der Waals surface area contributed by atoms with Crippen molar-refractivity contribution >= 4 is 17.9 Å². The van der Waals surface area contributed by atoms with E-state index in [9.17, 15) is 14.4 Å². The van der Waals surface area contributed by atoms with Gasteiger partial charge in [-0.15, -0.1) is 0 Å². The average Bonchev–Trinajstić information content (AvgIpc) is 3.33. The van der Waals surface area contributed by atoms with Crippen LogP contribution in [-0.4, -0.2) is 37.2 Å². The Bertz CT molecular complexity index is 1670. The molecule has 0 radical (unpaired) electrons. The van der Waals surface area contributed by atoms with Crippen molar-refractivity contribution in [2.75, 3.05) is 13.2 Å². The van der Waals surface area contributed by atoms with Gasteiger partial charge in [-0.2, -0.15) is 0 Å². The van der Waals surface area contributed by atoms with E-state index in [0.717, 1.165) is 77.0 Å². The summed E-state index contributed by atoms with van der Waals surface area (Å²) in [7, 11) is 0. The smallest absolute Gasteiger partial charge is 0.306 e. The van der Waals surface area contributed by atoms with E-state index in [1.807, 2.05) is 109 Å². The van der Waals surface area contributed by atoms with Gasteiger partial charge in [0, 0.05) is 19.3 Å². The molecule has 0 bridgehead atoms. The molecule has 0 aliphatic rings. The lowest BCUT2D eigenvalue weighted by molar-refractivity contribution is -0.167. The molecule has 6 heteroatoms. The van der Waals surface area contributed by atoms with E-state index >= 15 is 0 Å². The third-order valence-electron chi connectivity index (χ3n) is 9.66. The van der Waals surface area contributed by atoms with Gasteiger partial charge in [0.1, 0.15) is 13.2 Å². The number of unbranched alkanes of at least 4 members (excludes halogenated alkanes) is 10. The zero-order valence-corrected chi connectivity index (χ0v) is 41.8. The summed E-state index contributed by atoms with van der Waals surface area (Å²) in [6.07, 6.45) is 80.2. The first kappa shape index (κ1) is 61.5. The summed E-state index contributed by atoms with van der Waals surface area (Å²) in [6, 6.07) is 0. The molecule has 1 atom stereocenters. The van der Waals surface area contributed by atoms with Gasteiger partial charge in [-0.1, -0.05) is 229 Å². The van der Waals surface area contributed by atoms with E-state index in [1.54, 1.807) is 0 Å². The van der Waals surface area contributed by atoms with E-state index in [4.69, 9.17) is 14.2 Å². The van der Waals surface area contributed by atoms with Gasteiger partial charge in [0.05, 0.1) is 0 Å². The maximum atomic E-state index is 12.8. The lowest BCUT2D eigenvalue weighted by atomic mass is 10.1. The molecule has 0 amide bonds. The van der Waals surface area contributed by atoms with Crippen LogP contribution in [0.2, 0.25) is 0 Å². The first-order valence-electron chi connectivity index (χ1n) is 25.4. The van der Waals surface area contributed by atoms with Gasteiger partial charge in [-0.3, -0.25) is 14.4 Å².